The van der Waals surface area contributed by atoms with Gasteiger partial charge in [-0.15, -0.1) is 0 Å². The number of aliphatic hydroxyl groups excluding tert-OH is 1. The lowest BCUT2D eigenvalue weighted by molar-refractivity contribution is 0.0148. The molecule has 13 heavy (non-hydrogen) atoms. The molecule has 0 saturated heterocycles. The lowest BCUT2D eigenvalue weighted by atomic mass is 9.70. The van der Waals surface area contributed by atoms with E-state index in [1.807, 2.05) is 11.8 Å². The first-order valence-electron chi connectivity index (χ1n) is 5.16. The van der Waals surface area contributed by atoms with Crippen molar-refractivity contribution in [2.45, 2.75) is 45.0 Å². The van der Waals surface area contributed by atoms with Gasteiger partial charge in [-0.1, -0.05) is 20.8 Å². The van der Waals surface area contributed by atoms with Crippen LogP contribution in [0.3, 0.4) is 0 Å². The van der Waals surface area contributed by atoms with E-state index < -0.39 is 0 Å². The molecular formula is C11H20OS. The van der Waals surface area contributed by atoms with Crippen LogP contribution in [0.4, 0.5) is 0 Å². The van der Waals surface area contributed by atoms with E-state index >= 15 is 0 Å². The summed E-state index contributed by atoms with van der Waals surface area (Å²) in [6, 6.07) is 0. The Bertz CT molecular complexity index is 226. The van der Waals surface area contributed by atoms with Crippen LogP contribution in [-0.4, -0.2) is 22.7 Å². The molecule has 2 fully saturated rings. The number of aliphatic hydroxyl groups is 1. The molecular weight excluding hydrogens is 180 g/mol. The van der Waals surface area contributed by atoms with E-state index in [2.05, 4.69) is 27.0 Å². The molecule has 1 N–H and O–H groups in total. The standard InChI is InChI=1S/C11H20OS/c1-10(2)7-5-6-11(10,3)9(12)8(7)13-4/h7-9,12H,5-6H2,1-4H3/t7-,8-,9-,11+/m1/s1. The molecule has 0 heterocycles. The molecule has 2 bridgehead atoms. The number of hydrogen-bond acceptors (Lipinski definition) is 2. The molecule has 76 valence electrons. The summed E-state index contributed by atoms with van der Waals surface area (Å²) in [5, 5.41) is 10.7. The maximum atomic E-state index is 10.3. The van der Waals surface area contributed by atoms with Gasteiger partial charge in [0.2, 0.25) is 0 Å². The topological polar surface area (TPSA) is 20.2 Å². The summed E-state index contributed by atoms with van der Waals surface area (Å²) in [6.07, 6.45) is 4.57. The maximum absolute atomic E-state index is 10.3. The summed E-state index contributed by atoms with van der Waals surface area (Å²) in [6.45, 7) is 6.95. The average molecular weight is 200 g/mol. The number of fused-ring (bicyclic) bond motifs is 2. The van der Waals surface area contributed by atoms with Gasteiger partial charge < -0.3 is 5.11 Å². The molecule has 0 aromatic rings. The second-order valence-corrected chi connectivity index (χ2v) is 6.45. The highest BCUT2D eigenvalue weighted by Gasteiger charge is 2.65. The molecule has 0 aromatic carbocycles. The largest absolute Gasteiger partial charge is 0.391 e. The number of hydrogen-bond donors (Lipinski definition) is 1. The Morgan fingerprint density at radius 3 is 2.23 bits per heavy atom. The van der Waals surface area contributed by atoms with Crippen molar-refractivity contribution in [1.29, 1.82) is 0 Å². The van der Waals surface area contributed by atoms with Crippen LogP contribution in [0.25, 0.3) is 0 Å². The molecule has 0 aliphatic heterocycles. The van der Waals surface area contributed by atoms with E-state index in [9.17, 15) is 5.11 Å². The highest BCUT2D eigenvalue weighted by atomic mass is 32.2. The average Bonchev–Trinajstić information content (AvgIpc) is 2.36. The van der Waals surface area contributed by atoms with Gasteiger partial charge in [0.15, 0.2) is 0 Å². The van der Waals surface area contributed by atoms with Crippen molar-refractivity contribution in [3.63, 3.8) is 0 Å². The van der Waals surface area contributed by atoms with Crippen LogP contribution >= 0.6 is 11.8 Å². The molecule has 2 heteroatoms. The van der Waals surface area contributed by atoms with Gasteiger partial charge in [0.1, 0.15) is 0 Å². The maximum Gasteiger partial charge on any atom is 0.0720 e. The van der Waals surface area contributed by atoms with E-state index in [0.29, 0.717) is 10.7 Å². The van der Waals surface area contributed by atoms with Crippen LogP contribution in [0.2, 0.25) is 0 Å². The Morgan fingerprint density at radius 2 is 1.92 bits per heavy atom. The van der Waals surface area contributed by atoms with E-state index in [1.165, 1.54) is 12.8 Å². The molecule has 0 spiro atoms. The summed E-state index contributed by atoms with van der Waals surface area (Å²) >= 11 is 1.85. The molecule has 0 unspecified atom stereocenters. The first-order chi connectivity index (χ1) is 5.95. The van der Waals surface area contributed by atoms with Crippen molar-refractivity contribution in [2.75, 3.05) is 6.26 Å². The summed E-state index contributed by atoms with van der Waals surface area (Å²) < 4.78 is 0. The molecule has 2 saturated carbocycles. The molecule has 2 aliphatic carbocycles. The molecule has 2 aliphatic rings. The first-order valence-corrected chi connectivity index (χ1v) is 6.45. The van der Waals surface area contributed by atoms with Crippen molar-refractivity contribution in [3.05, 3.63) is 0 Å². The zero-order valence-corrected chi connectivity index (χ0v) is 9.82. The van der Waals surface area contributed by atoms with Crippen LogP contribution in [-0.2, 0) is 0 Å². The third-order valence-corrected chi connectivity index (χ3v) is 6.14. The van der Waals surface area contributed by atoms with E-state index in [0.717, 1.165) is 5.92 Å². The lowest BCUT2D eigenvalue weighted by Gasteiger charge is -2.37. The fraction of sp³-hybridized carbons (Fsp3) is 1.00. The van der Waals surface area contributed by atoms with Gasteiger partial charge in [0.05, 0.1) is 6.10 Å². The Labute approximate surface area is 85.3 Å². The van der Waals surface area contributed by atoms with Gasteiger partial charge in [-0.2, -0.15) is 11.8 Å². The molecule has 0 amide bonds. The van der Waals surface area contributed by atoms with Gasteiger partial charge >= 0.3 is 0 Å². The summed E-state index contributed by atoms with van der Waals surface area (Å²) in [4.78, 5) is 0. The SMILES string of the molecule is CS[C@@H]1[C@H]2CC[C@@](C)([C@@H]1O)C2(C)C. The van der Waals surface area contributed by atoms with Gasteiger partial charge in [0, 0.05) is 5.25 Å². The second kappa shape index (κ2) is 2.66. The Morgan fingerprint density at radius 1 is 1.31 bits per heavy atom. The third kappa shape index (κ3) is 0.940. The second-order valence-electron chi connectivity index (χ2n) is 5.43. The highest BCUT2D eigenvalue weighted by molar-refractivity contribution is 7.99. The zero-order valence-electron chi connectivity index (χ0n) is 9.00. The predicted molar refractivity (Wildman–Crippen MR) is 57.9 cm³/mol. The van der Waals surface area contributed by atoms with Crippen molar-refractivity contribution < 1.29 is 5.11 Å². The summed E-state index contributed by atoms with van der Waals surface area (Å²) in [7, 11) is 0. The summed E-state index contributed by atoms with van der Waals surface area (Å²) in [5.41, 5.74) is 0.505. The predicted octanol–water partition coefficient (Wildman–Crippen LogP) is 2.54. The third-order valence-electron chi connectivity index (χ3n) is 5.01. The van der Waals surface area contributed by atoms with Crippen molar-refractivity contribution in [2.24, 2.45) is 16.7 Å². The van der Waals surface area contributed by atoms with E-state index in [-0.39, 0.29) is 11.5 Å². The normalized spacial score (nSPS) is 52.8. The van der Waals surface area contributed by atoms with Crippen LogP contribution in [0, 0.1) is 16.7 Å². The quantitative estimate of drug-likeness (QED) is 0.702. The number of rotatable bonds is 1. The minimum Gasteiger partial charge on any atom is -0.391 e. The molecule has 1 nitrogen and oxygen atoms in total. The van der Waals surface area contributed by atoms with Crippen LogP contribution in [0.15, 0.2) is 0 Å². The van der Waals surface area contributed by atoms with Crippen LogP contribution in [0.5, 0.6) is 0 Å². The van der Waals surface area contributed by atoms with Gasteiger partial charge in [-0.25, -0.2) is 0 Å². The fourth-order valence-electron chi connectivity index (χ4n) is 3.54. The van der Waals surface area contributed by atoms with E-state index in [4.69, 9.17) is 0 Å². The van der Waals surface area contributed by atoms with Gasteiger partial charge in [-0.05, 0) is 35.8 Å². The molecule has 2 rings (SSSR count). The molecule has 0 aromatic heterocycles. The van der Waals surface area contributed by atoms with Gasteiger partial charge in [-0.3, -0.25) is 0 Å². The van der Waals surface area contributed by atoms with Crippen molar-refractivity contribution >= 4 is 11.8 Å². The van der Waals surface area contributed by atoms with Crippen molar-refractivity contribution in [1.82, 2.24) is 0 Å². The molecule has 4 atom stereocenters. The minimum atomic E-state index is -0.0868. The molecule has 0 radical (unpaired) electrons. The minimum absolute atomic E-state index is 0.0868. The smallest absolute Gasteiger partial charge is 0.0720 e. The van der Waals surface area contributed by atoms with Gasteiger partial charge in [0.25, 0.3) is 0 Å². The monoisotopic (exact) mass is 200 g/mol. The van der Waals surface area contributed by atoms with Crippen molar-refractivity contribution in [3.8, 4) is 0 Å². The van der Waals surface area contributed by atoms with E-state index in [1.54, 1.807) is 0 Å². The Hall–Kier alpha value is 0.310. The lowest BCUT2D eigenvalue weighted by Crippen LogP contribution is -2.38. The van der Waals surface area contributed by atoms with Crippen LogP contribution < -0.4 is 0 Å². The number of thioether (sulfide) groups is 1. The Balaban J connectivity index is 2.39. The fourth-order valence-corrected chi connectivity index (χ4v) is 4.90. The first kappa shape index (κ1) is 9.85. The Kier molecular flexibility index (Phi) is 2.02. The zero-order chi connectivity index (χ0) is 9.85. The summed E-state index contributed by atoms with van der Waals surface area (Å²) in [5.74, 6) is 0.725. The van der Waals surface area contributed by atoms with Crippen LogP contribution in [0.1, 0.15) is 33.6 Å². The highest BCUT2D eigenvalue weighted by Crippen LogP contribution is 2.67.